The highest BCUT2D eigenvalue weighted by atomic mass is 16.7. The Morgan fingerprint density at radius 2 is 1.42 bits per heavy atom. The summed E-state index contributed by atoms with van der Waals surface area (Å²) in [6.45, 7) is 11.9. The van der Waals surface area contributed by atoms with Crippen molar-refractivity contribution in [2.45, 2.75) is 105 Å². The van der Waals surface area contributed by atoms with Crippen LogP contribution in [0.25, 0.3) is 0 Å². The molecular formula is C27H38O11. The van der Waals surface area contributed by atoms with Crippen LogP contribution in [0.2, 0.25) is 0 Å². The van der Waals surface area contributed by atoms with E-state index in [1.807, 2.05) is 26.8 Å². The molecule has 0 bridgehead atoms. The van der Waals surface area contributed by atoms with E-state index in [4.69, 9.17) is 28.4 Å². The van der Waals surface area contributed by atoms with Gasteiger partial charge in [-0.1, -0.05) is 25.5 Å². The Morgan fingerprint density at radius 1 is 0.868 bits per heavy atom. The number of ether oxygens (including phenoxy) is 6. The molecule has 11 heteroatoms. The summed E-state index contributed by atoms with van der Waals surface area (Å²) in [6, 6.07) is 0. The Morgan fingerprint density at radius 3 is 1.92 bits per heavy atom. The van der Waals surface area contributed by atoms with Crippen LogP contribution in [-0.2, 0) is 52.4 Å². The summed E-state index contributed by atoms with van der Waals surface area (Å²) in [5.74, 6) is -2.76. The fraction of sp³-hybridized carbons (Fsp3) is 0.667. The maximum absolute atomic E-state index is 12.0. The van der Waals surface area contributed by atoms with Crippen molar-refractivity contribution in [3.05, 3.63) is 23.3 Å². The van der Waals surface area contributed by atoms with E-state index < -0.39 is 60.7 Å². The molecule has 0 saturated carbocycles. The van der Waals surface area contributed by atoms with E-state index in [-0.39, 0.29) is 17.8 Å². The van der Waals surface area contributed by atoms with Gasteiger partial charge in [-0.05, 0) is 43.8 Å². The van der Waals surface area contributed by atoms with Crippen LogP contribution in [0.1, 0.15) is 68.2 Å². The zero-order valence-corrected chi connectivity index (χ0v) is 23.2. The van der Waals surface area contributed by atoms with Gasteiger partial charge < -0.3 is 28.4 Å². The van der Waals surface area contributed by atoms with Gasteiger partial charge in [0.15, 0.2) is 30.4 Å². The predicted molar refractivity (Wildman–Crippen MR) is 132 cm³/mol. The second kappa shape index (κ2) is 13.1. The Labute approximate surface area is 222 Å². The zero-order chi connectivity index (χ0) is 28.8. The van der Waals surface area contributed by atoms with Crippen LogP contribution in [-0.4, -0.2) is 73.1 Å². The minimum absolute atomic E-state index is 0.0584. The molecule has 1 fully saturated rings. The lowest BCUT2D eigenvalue weighted by atomic mass is 9.71. The minimum Gasteiger partial charge on any atom is -0.463 e. The first-order valence-corrected chi connectivity index (χ1v) is 12.5. The molecule has 1 heterocycles. The first kappa shape index (κ1) is 31.2. The highest BCUT2D eigenvalue weighted by Crippen LogP contribution is 2.43. The lowest BCUT2D eigenvalue weighted by molar-refractivity contribution is -0.318. The van der Waals surface area contributed by atoms with E-state index in [0.717, 1.165) is 25.0 Å². The largest absolute Gasteiger partial charge is 0.463 e. The number of carbonyl (C=O) groups excluding carboxylic acids is 5. The minimum atomic E-state index is -1.29. The van der Waals surface area contributed by atoms with Gasteiger partial charge in [0.1, 0.15) is 12.7 Å². The Bertz CT molecular complexity index is 993. The maximum atomic E-state index is 12.0. The first-order chi connectivity index (χ1) is 17.6. The molecule has 0 radical (unpaired) electrons. The monoisotopic (exact) mass is 538 g/mol. The standard InChI is InChI=1S/C27H38O11/c1-14-11-20(12-27(7,8)21(14)10-9-15(2)28)37-26-25(36-19(6)32)24(35-18(5)31)23(34-17(4)30)22(38-26)13-33-16(3)29/h9-10,20,22-26H,11-13H2,1-8H3/b10-9+/t20?,22-,23-,24+,25-,26-/m1/s1. The van der Waals surface area contributed by atoms with Crippen molar-refractivity contribution in [3.8, 4) is 0 Å². The van der Waals surface area contributed by atoms with Gasteiger partial charge in [0.25, 0.3) is 0 Å². The fourth-order valence-electron chi connectivity index (χ4n) is 4.93. The molecule has 0 aromatic rings. The SMILES string of the molecule is CC(=O)/C=C/C1=C(C)CC(O[C@@H]2O[C@H](COC(C)=O)[C@@H](OC(C)=O)[C@H](OC(C)=O)[C@H]2OC(C)=O)CC1(C)C. The molecule has 0 aromatic carbocycles. The van der Waals surface area contributed by atoms with Crippen LogP contribution >= 0.6 is 0 Å². The van der Waals surface area contributed by atoms with Gasteiger partial charge in [-0.25, -0.2) is 0 Å². The molecule has 2 rings (SSSR count). The second-order valence-electron chi connectivity index (χ2n) is 10.3. The van der Waals surface area contributed by atoms with E-state index in [2.05, 4.69) is 0 Å². The Balaban J connectivity index is 2.44. The lowest BCUT2D eigenvalue weighted by Crippen LogP contribution is -2.63. The van der Waals surface area contributed by atoms with Gasteiger partial charge in [-0.2, -0.15) is 0 Å². The lowest BCUT2D eigenvalue weighted by Gasteiger charge is -2.46. The van der Waals surface area contributed by atoms with E-state index in [1.165, 1.54) is 26.8 Å². The number of hydrogen-bond donors (Lipinski definition) is 0. The molecule has 0 aromatic heterocycles. The van der Waals surface area contributed by atoms with Crippen molar-refractivity contribution < 1.29 is 52.4 Å². The summed E-state index contributed by atoms with van der Waals surface area (Å²) >= 11 is 0. The summed E-state index contributed by atoms with van der Waals surface area (Å²) in [5.41, 5.74) is 1.67. The molecule has 1 aliphatic carbocycles. The van der Waals surface area contributed by atoms with E-state index in [1.54, 1.807) is 0 Å². The molecule has 1 saturated heterocycles. The number of carbonyl (C=O) groups is 5. The molecule has 1 aliphatic heterocycles. The highest BCUT2D eigenvalue weighted by Gasteiger charge is 2.53. The maximum Gasteiger partial charge on any atom is 0.303 e. The van der Waals surface area contributed by atoms with Gasteiger partial charge in [0, 0.05) is 27.7 Å². The van der Waals surface area contributed by atoms with Crippen molar-refractivity contribution in [3.63, 3.8) is 0 Å². The normalized spacial score (nSPS) is 28.9. The molecule has 2 aliphatic rings. The molecule has 6 atom stereocenters. The topological polar surface area (TPSA) is 141 Å². The van der Waals surface area contributed by atoms with Crippen LogP contribution in [0, 0.1) is 5.41 Å². The summed E-state index contributed by atoms with van der Waals surface area (Å²) in [5, 5.41) is 0. The number of esters is 4. The van der Waals surface area contributed by atoms with E-state index in [9.17, 15) is 24.0 Å². The van der Waals surface area contributed by atoms with Crippen LogP contribution < -0.4 is 0 Å². The summed E-state index contributed by atoms with van der Waals surface area (Å²) in [7, 11) is 0. The Kier molecular flexibility index (Phi) is 10.8. The molecular weight excluding hydrogens is 500 g/mol. The number of rotatable bonds is 9. The molecule has 11 nitrogen and oxygen atoms in total. The van der Waals surface area contributed by atoms with E-state index in [0.29, 0.717) is 12.8 Å². The van der Waals surface area contributed by atoms with E-state index >= 15 is 0 Å². The third-order valence-electron chi connectivity index (χ3n) is 6.22. The van der Waals surface area contributed by atoms with Gasteiger partial charge >= 0.3 is 23.9 Å². The molecule has 1 unspecified atom stereocenters. The van der Waals surface area contributed by atoms with Crippen LogP contribution in [0.4, 0.5) is 0 Å². The average Bonchev–Trinajstić information content (AvgIpc) is 2.74. The number of hydrogen-bond acceptors (Lipinski definition) is 11. The van der Waals surface area contributed by atoms with Gasteiger partial charge in [0.2, 0.25) is 0 Å². The van der Waals surface area contributed by atoms with Crippen molar-refractivity contribution >= 4 is 29.7 Å². The quantitative estimate of drug-likeness (QED) is 0.243. The van der Waals surface area contributed by atoms with Crippen molar-refractivity contribution in [2.24, 2.45) is 5.41 Å². The summed E-state index contributed by atoms with van der Waals surface area (Å²) in [6.07, 6.45) is -2.15. The molecule has 212 valence electrons. The van der Waals surface area contributed by atoms with Crippen molar-refractivity contribution in [1.29, 1.82) is 0 Å². The summed E-state index contributed by atoms with van der Waals surface area (Å²) < 4.78 is 33.8. The smallest absolute Gasteiger partial charge is 0.303 e. The van der Waals surface area contributed by atoms with Crippen LogP contribution in [0.15, 0.2) is 23.3 Å². The predicted octanol–water partition coefficient (Wildman–Crippen LogP) is 2.74. The first-order valence-electron chi connectivity index (χ1n) is 12.5. The third-order valence-corrected chi connectivity index (χ3v) is 6.22. The van der Waals surface area contributed by atoms with Crippen molar-refractivity contribution in [1.82, 2.24) is 0 Å². The summed E-state index contributed by atoms with van der Waals surface area (Å²) in [4.78, 5) is 58.9. The number of allylic oxidation sites excluding steroid dienone is 3. The van der Waals surface area contributed by atoms with Crippen LogP contribution in [0.3, 0.4) is 0 Å². The second-order valence-corrected chi connectivity index (χ2v) is 10.3. The van der Waals surface area contributed by atoms with Gasteiger partial charge in [-0.15, -0.1) is 0 Å². The van der Waals surface area contributed by atoms with Gasteiger partial charge in [-0.3, -0.25) is 24.0 Å². The van der Waals surface area contributed by atoms with Crippen LogP contribution in [0.5, 0.6) is 0 Å². The Hall–Kier alpha value is -3.05. The number of ketones is 1. The fourth-order valence-corrected chi connectivity index (χ4v) is 4.93. The molecule has 0 spiro atoms. The van der Waals surface area contributed by atoms with Crippen molar-refractivity contribution in [2.75, 3.05) is 6.61 Å². The van der Waals surface area contributed by atoms with Gasteiger partial charge in [0.05, 0.1) is 6.10 Å². The third kappa shape index (κ3) is 8.76. The average molecular weight is 539 g/mol. The highest BCUT2D eigenvalue weighted by molar-refractivity contribution is 5.87. The zero-order valence-electron chi connectivity index (χ0n) is 23.2. The molecule has 0 amide bonds. The molecule has 0 N–H and O–H groups in total. The molecule has 38 heavy (non-hydrogen) atoms.